The lowest BCUT2D eigenvalue weighted by atomic mass is 9.97. The van der Waals surface area contributed by atoms with Gasteiger partial charge in [0.2, 0.25) is 11.8 Å². The van der Waals surface area contributed by atoms with E-state index in [1.54, 1.807) is 6.92 Å². The first-order valence-electron chi connectivity index (χ1n) is 10.7. The SMILES string of the molecule is Cc1nnc(-c2ccc(Cc3nn(C)c4cnc(-c5ccccc5C(C)C)nc34)cc2)o1. The van der Waals surface area contributed by atoms with Gasteiger partial charge in [0.1, 0.15) is 11.0 Å². The summed E-state index contributed by atoms with van der Waals surface area (Å²) in [5.74, 6) is 2.20. The van der Waals surface area contributed by atoms with Gasteiger partial charge in [-0.3, -0.25) is 4.68 Å². The highest BCUT2D eigenvalue weighted by molar-refractivity contribution is 5.79. The van der Waals surface area contributed by atoms with Crippen LogP contribution in [0.5, 0.6) is 0 Å². The number of rotatable bonds is 5. The molecule has 160 valence electrons. The maximum atomic E-state index is 5.52. The van der Waals surface area contributed by atoms with E-state index in [9.17, 15) is 0 Å². The van der Waals surface area contributed by atoms with Crippen LogP contribution in [0, 0.1) is 6.92 Å². The normalized spacial score (nSPS) is 11.5. The highest BCUT2D eigenvalue weighted by Crippen LogP contribution is 2.29. The van der Waals surface area contributed by atoms with Gasteiger partial charge in [0.25, 0.3) is 0 Å². The van der Waals surface area contributed by atoms with Gasteiger partial charge in [0.15, 0.2) is 5.82 Å². The summed E-state index contributed by atoms with van der Waals surface area (Å²) in [4.78, 5) is 9.60. The molecule has 7 heteroatoms. The number of fused-ring (bicyclic) bond motifs is 1. The van der Waals surface area contributed by atoms with E-state index in [0.717, 1.165) is 39.2 Å². The molecule has 5 rings (SSSR count). The predicted molar refractivity (Wildman–Crippen MR) is 123 cm³/mol. The van der Waals surface area contributed by atoms with E-state index >= 15 is 0 Å². The van der Waals surface area contributed by atoms with Gasteiger partial charge in [0.05, 0.1) is 11.9 Å². The van der Waals surface area contributed by atoms with Crippen LogP contribution in [0.2, 0.25) is 0 Å². The third-order valence-electron chi connectivity index (χ3n) is 5.58. The van der Waals surface area contributed by atoms with Crippen molar-refractivity contribution in [1.29, 1.82) is 0 Å². The van der Waals surface area contributed by atoms with E-state index in [1.807, 2.05) is 36.1 Å². The second kappa shape index (κ2) is 8.00. The van der Waals surface area contributed by atoms with Crippen LogP contribution in [0.1, 0.15) is 42.5 Å². The van der Waals surface area contributed by atoms with E-state index in [1.165, 1.54) is 5.56 Å². The Morgan fingerprint density at radius 2 is 1.78 bits per heavy atom. The van der Waals surface area contributed by atoms with Crippen LogP contribution in [-0.2, 0) is 13.5 Å². The highest BCUT2D eigenvalue weighted by atomic mass is 16.4. The highest BCUT2D eigenvalue weighted by Gasteiger charge is 2.16. The number of aryl methyl sites for hydroxylation is 2. The van der Waals surface area contributed by atoms with Crippen molar-refractivity contribution in [3.8, 4) is 22.8 Å². The van der Waals surface area contributed by atoms with Gasteiger partial charge in [-0.1, -0.05) is 50.2 Å². The van der Waals surface area contributed by atoms with Gasteiger partial charge >= 0.3 is 0 Å². The molecule has 0 saturated carbocycles. The summed E-state index contributed by atoms with van der Waals surface area (Å²) in [6, 6.07) is 16.4. The van der Waals surface area contributed by atoms with Crippen LogP contribution in [0.25, 0.3) is 33.9 Å². The van der Waals surface area contributed by atoms with Gasteiger partial charge in [-0.2, -0.15) is 5.10 Å². The molecule has 0 N–H and O–H groups in total. The molecule has 32 heavy (non-hydrogen) atoms. The van der Waals surface area contributed by atoms with Crippen molar-refractivity contribution < 1.29 is 4.42 Å². The average molecular weight is 425 g/mol. The molecule has 5 aromatic rings. The van der Waals surface area contributed by atoms with Crippen LogP contribution < -0.4 is 0 Å². The Balaban J connectivity index is 1.50. The van der Waals surface area contributed by atoms with Gasteiger partial charge in [-0.05, 0) is 29.2 Å². The fraction of sp³-hybridized carbons (Fsp3) is 0.240. The quantitative estimate of drug-likeness (QED) is 0.390. The zero-order valence-electron chi connectivity index (χ0n) is 18.6. The molecular weight excluding hydrogens is 400 g/mol. The molecule has 0 saturated heterocycles. The molecule has 2 aromatic carbocycles. The molecule has 0 radical (unpaired) electrons. The third kappa shape index (κ3) is 3.66. The van der Waals surface area contributed by atoms with Crippen molar-refractivity contribution in [2.45, 2.75) is 33.1 Å². The van der Waals surface area contributed by atoms with Crippen molar-refractivity contribution in [3.63, 3.8) is 0 Å². The van der Waals surface area contributed by atoms with E-state index in [4.69, 9.17) is 14.5 Å². The molecule has 3 heterocycles. The smallest absolute Gasteiger partial charge is 0.247 e. The number of hydrogen-bond donors (Lipinski definition) is 0. The first-order chi connectivity index (χ1) is 15.5. The number of aromatic nitrogens is 6. The minimum atomic E-state index is 0.389. The largest absolute Gasteiger partial charge is 0.421 e. The van der Waals surface area contributed by atoms with E-state index in [-0.39, 0.29) is 0 Å². The molecule has 0 aliphatic heterocycles. The van der Waals surface area contributed by atoms with Crippen molar-refractivity contribution >= 4 is 11.0 Å². The lowest BCUT2D eigenvalue weighted by molar-refractivity contribution is 0.533. The molecule has 0 aliphatic rings. The Bertz CT molecular complexity index is 1400. The second-order valence-corrected chi connectivity index (χ2v) is 8.24. The van der Waals surface area contributed by atoms with E-state index in [0.29, 0.717) is 24.1 Å². The molecule has 0 atom stereocenters. The van der Waals surface area contributed by atoms with Crippen LogP contribution in [-0.4, -0.2) is 29.9 Å². The predicted octanol–water partition coefficient (Wildman–Crippen LogP) is 5.10. The minimum absolute atomic E-state index is 0.389. The van der Waals surface area contributed by atoms with Gasteiger partial charge in [-0.25, -0.2) is 9.97 Å². The topological polar surface area (TPSA) is 82.5 Å². The second-order valence-electron chi connectivity index (χ2n) is 8.24. The molecule has 0 unspecified atom stereocenters. The van der Waals surface area contributed by atoms with Crippen LogP contribution >= 0.6 is 0 Å². The zero-order valence-corrected chi connectivity index (χ0v) is 18.6. The third-order valence-corrected chi connectivity index (χ3v) is 5.58. The molecular formula is C25H24N6O. The van der Waals surface area contributed by atoms with Gasteiger partial charge < -0.3 is 4.42 Å². The number of nitrogens with zero attached hydrogens (tertiary/aromatic N) is 6. The van der Waals surface area contributed by atoms with Crippen molar-refractivity contribution in [3.05, 3.63) is 77.4 Å². The Labute approximate surface area is 186 Å². The minimum Gasteiger partial charge on any atom is -0.421 e. The first kappa shape index (κ1) is 20.1. The molecule has 7 nitrogen and oxygen atoms in total. The maximum absolute atomic E-state index is 5.52. The van der Waals surface area contributed by atoms with E-state index < -0.39 is 0 Å². The van der Waals surface area contributed by atoms with Crippen molar-refractivity contribution in [1.82, 2.24) is 29.9 Å². The maximum Gasteiger partial charge on any atom is 0.247 e. The summed E-state index contributed by atoms with van der Waals surface area (Å²) in [6.45, 7) is 6.16. The summed E-state index contributed by atoms with van der Waals surface area (Å²) < 4.78 is 7.36. The lowest BCUT2D eigenvalue weighted by Gasteiger charge is -2.11. The fourth-order valence-electron chi connectivity index (χ4n) is 3.93. The molecule has 0 bridgehead atoms. The average Bonchev–Trinajstić information content (AvgIpc) is 3.37. The van der Waals surface area contributed by atoms with Crippen molar-refractivity contribution in [2.24, 2.45) is 7.05 Å². The first-order valence-corrected chi connectivity index (χ1v) is 10.7. The number of benzene rings is 2. The molecule has 0 aliphatic carbocycles. The van der Waals surface area contributed by atoms with Crippen LogP contribution in [0.4, 0.5) is 0 Å². The zero-order chi connectivity index (χ0) is 22.2. The Morgan fingerprint density at radius 1 is 1.00 bits per heavy atom. The lowest BCUT2D eigenvalue weighted by Crippen LogP contribution is -1.97. The molecule has 0 spiro atoms. The summed E-state index contributed by atoms with van der Waals surface area (Å²) in [6.07, 6.45) is 2.54. The van der Waals surface area contributed by atoms with Crippen LogP contribution in [0.3, 0.4) is 0 Å². The Hall–Kier alpha value is -3.87. The summed E-state index contributed by atoms with van der Waals surface area (Å²) >= 11 is 0. The van der Waals surface area contributed by atoms with Crippen LogP contribution in [0.15, 0.2) is 59.1 Å². The molecule has 0 amide bonds. The molecule has 3 aromatic heterocycles. The Kier molecular flexibility index (Phi) is 5.01. The Morgan fingerprint density at radius 3 is 2.50 bits per heavy atom. The summed E-state index contributed by atoms with van der Waals surface area (Å²) in [5.41, 5.74) is 7.07. The van der Waals surface area contributed by atoms with E-state index in [2.05, 4.69) is 59.4 Å². The van der Waals surface area contributed by atoms with Gasteiger partial charge in [0, 0.05) is 31.5 Å². The summed E-state index contributed by atoms with van der Waals surface area (Å²) in [7, 11) is 1.93. The van der Waals surface area contributed by atoms with Crippen molar-refractivity contribution in [2.75, 3.05) is 0 Å². The molecule has 0 fully saturated rings. The standard InChI is InChI=1S/C25H24N6O/c1-15(2)19-7-5-6-8-20(19)24-26-14-22-23(27-24)21(30-31(22)4)13-17-9-11-18(12-10-17)25-29-28-16(3)32-25/h5-12,14-15H,13H2,1-4H3. The fourth-order valence-corrected chi connectivity index (χ4v) is 3.93. The number of hydrogen-bond acceptors (Lipinski definition) is 6. The summed E-state index contributed by atoms with van der Waals surface area (Å²) in [5, 5.41) is 12.7. The monoisotopic (exact) mass is 424 g/mol. The van der Waals surface area contributed by atoms with Gasteiger partial charge in [-0.15, -0.1) is 10.2 Å².